The van der Waals surface area contributed by atoms with E-state index < -0.39 is 0 Å². The molecular weight excluding hydrogens is 306 g/mol. The largest absolute Gasteiger partial charge is 0.344 e. The van der Waals surface area contributed by atoms with Gasteiger partial charge >= 0.3 is 0 Å². The van der Waals surface area contributed by atoms with E-state index in [1.807, 2.05) is 13.8 Å². The Kier molecular flexibility index (Phi) is 5.04. The molecule has 2 N–H and O–H groups in total. The summed E-state index contributed by atoms with van der Waals surface area (Å²) < 4.78 is 0. The van der Waals surface area contributed by atoms with Crippen molar-refractivity contribution < 1.29 is 4.79 Å². The van der Waals surface area contributed by atoms with Crippen molar-refractivity contribution in [1.29, 1.82) is 0 Å². The molecule has 5 nitrogen and oxygen atoms in total. The normalized spacial score (nSPS) is 10.5. The number of aryl methyl sites for hydroxylation is 2. The first-order valence-corrected chi connectivity index (χ1v) is 8.27. The number of nitrogens with one attached hydrogen (secondary N) is 2. The minimum Gasteiger partial charge on any atom is -0.344 e. The van der Waals surface area contributed by atoms with Gasteiger partial charge in [0.25, 0.3) is 5.56 Å². The number of carbonyl (C=O) groups excluding carboxylic acids is 1. The summed E-state index contributed by atoms with van der Waals surface area (Å²) in [5, 5.41) is 3.25. The van der Waals surface area contributed by atoms with Crippen molar-refractivity contribution in [2.45, 2.75) is 19.6 Å². The molecule has 0 aliphatic heterocycles. The Morgan fingerprint density at radius 2 is 2.29 bits per heavy atom. The maximum Gasteiger partial charge on any atom is 0.259 e. The van der Waals surface area contributed by atoms with Crippen LogP contribution in [0, 0.1) is 26.2 Å². The van der Waals surface area contributed by atoms with Crippen molar-refractivity contribution in [1.82, 2.24) is 15.3 Å². The Bertz CT molecular complexity index is 771. The molecular formula is C14H15N3O2S2. The van der Waals surface area contributed by atoms with Crippen molar-refractivity contribution in [3.63, 3.8) is 0 Å². The van der Waals surface area contributed by atoms with E-state index in [9.17, 15) is 9.59 Å². The van der Waals surface area contributed by atoms with Gasteiger partial charge in [-0.05, 0) is 19.4 Å². The standard InChI is InChI=1S/C14H15N3O2S2/c1-4-5-15-11(18)7-20-6-10-16-13(19)12-8(2)9(3)21-14(12)17-10/h1H,5-7H2,2-3H3,(H,15,18)(H,16,17,19). The number of hydrogen-bond acceptors (Lipinski definition) is 5. The average molecular weight is 321 g/mol. The van der Waals surface area contributed by atoms with Crippen molar-refractivity contribution >= 4 is 39.2 Å². The van der Waals surface area contributed by atoms with Crippen LogP contribution in [0.4, 0.5) is 0 Å². The van der Waals surface area contributed by atoms with Crippen LogP contribution < -0.4 is 10.9 Å². The van der Waals surface area contributed by atoms with Crippen LogP contribution in [0.1, 0.15) is 16.3 Å². The van der Waals surface area contributed by atoms with E-state index in [1.54, 1.807) is 0 Å². The summed E-state index contributed by atoms with van der Waals surface area (Å²) in [7, 11) is 0. The van der Waals surface area contributed by atoms with E-state index in [4.69, 9.17) is 6.42 Å². The number of terminal acetylenes is 1. The summed E-state index contributed by atoms with van der Waals surface area (Å²) in [4.78, 5) is 32.6. The van der Waals surface area contributed by atoms with Gasteiger partial charge in [-0.15, -0.1) is 29.5 Å². The molecule has 0 saturated heterocycles. The SMILES string of the molecule is C#CCNC(=O)CSCc1nc2sc(C)c(C)c2c(=O)[nH]1. The molecule has 2 aromatic heterocycles. The molecule has 2 heterocycles. The van der Waals surface area contributed by atoms with Gasteiger partial charge in [0, 0.05) is 4.88 Å². The van der Waals surface area contributed by atoms with E-state index in [0.29, 0.717) is 17.0 Å². The summed E-state index contributed by atoms with van der Waals surface area (Å²) in [5.74, 6) is 3.57. The molecule has 110 valence electrons. The van der Waals surface area contributed by atoms with Crippen LogP contribution >= 0.6 is 23.1 Å². The van der Waals surface area contributed by atoms with Crippen LogP contribution in [0.15, 0.2) is 4.79 Å². The Hall–Kier alpha value is -1.78. The third-order valence-corrected chi connectivity index (χ3v) is 4.99. The number of fused-ring (bicyclic) bond motifs is 1. The number of hydrogen-bond donors (Lipinski definition) is 2. The molecule has 0 aliphatic rings. The molecule has 0 atom stereocenters. The molecule has 0 spiro atoms. The molecule has 2 rings (SSSR count). The highest BCUT2D eigenvalue weighted by Crippen LogP contribution is 2.26. The van der Waals surface area contributed by atoms with Gasteiger partial charge in [-0.3, -0.25) is 9.59 Å². The maximum absolute atomic E-state index is 12.1. The third kappa shape index (κ3) is 3.65. The lowest BCUT2D eigenvalue weighted by Crippen LogP contribution is -2.25. The second kappa shape index (κ2) is 6.78. The Labute approximate surface area is 130 Å². The predicted molar refractivity (Wildman–Crippen MR) is 87.7 cm³/mol. The highest BCUT2D eigenvalue weighted by molar-refractivity contribution is 7.99. The minimum atomic E-state index is -0.121. The molecule has 2 aromatic rings. The summed E-state index contributed by atoms with van der Waals surface area (Å²) in [6.07, 6.45) is 5.06. The van der Waals surface area contributed by atoms with Gasteiger partial charge in [-0.2, -0.15) is 0 Å². The fourth-order valence-corrected chi connectivity index (χ4v) is 3.58. The molecule has 7 heteroatoms. The summed E-state index contributed by atoms with van der Waals surface area (Å²) in [6, 6.07) is 0. The molecule has 0 bridgehead atoms. The third-order valence-electron chi connectivity index (χ3n) is 2.95. The van der Waals surface area contributed by atoms with E-state index in [1.165, 1.54) is 23.1 Å². The molecule has 1 amide bonds. The average Bonchev–Trinajstić information content (AvgIpc) is 2.72. The van der Waals surface area contributed by atoms with Gasteiger partial charge < -0.3 is 10.3 Å². The number of amides is 1. The highest BCUT2D eigenvalue weighted by atomic mass is 32.2. The lowest BCUT2D eigenvalue weighted by Gasteiger charge is -2.02. The van der Waals surface area contributed by atoms with Gasteiger partial charge in [0.15, 0.2) is 0 Å². The Morgan fingerprint density at radius 3 is 3.00 bits per heavy atom. The molecule has 0 aromatic carbocycles. The number of aromatic amines is 1. The zero-order chi connectivity index (χ0) is 15.4. The van der Waals surface area contributed by atoms with Crippen LogP contribution in [-0.4, -0.2) is 28.2 Å². The first-order valence-electron chi connectivity index (χ1n) is 6.29. The van der Waals surface area contributed by atoms with Crippen molar-refractivity contribution in [3.05, 3.63) is 26.6 Å². The van der Waals surface area contributed by atoms with E-state index in [2.05, 4.69) is 21.2 Å². The first kappa shape index (κ1) is 15.6. The summed E-state index contributed by atoms with van der Waals surface area (Å²) in [6.45, 7) is 4.13. The van der Waals surface area contributed by atoms with Crippen molar-refractivity contribution in [2.24, 2.45) is 0 Å². The number of rotatable bonds is 5. The van der Waals surface area contributed by atoms with E-state index in [0.717, 1.165) is 15.3 Å². The smallest absolute Gasteiger partial charge is 0.259 e. The fraction of sp³-hybridized carbons (Fsp3) is 0.357. The zero-order valence-corrected chi connectivity index (χ0v) is 13.4. The fourth-order valence-electron chi connectivity index (χ4n) is 1.81. The minimum absolute atomic E-state index is 0.116. The Morgan fingerprint density at radius 1 is 1.52 bits per heavy atom. The number of thioether (sulfide) groups is 1. The van der Waals surface area contributed by atoms with Crippen LogP contribution in [0.25, 0.3) is 10.2 Å². The van der Waals surface area contributed by atoms with Crippen LogP contribution in [0.5, 0.6) is 0 Å². The topological polar surface area (TPSA) is 74.8 Å². The molecule has 21 heavy (non-hydrogen) atoms. The number of carbonyl (C=O) groups is 1. The van der Waals surface area contributed by atoms with Crippen molar-refractivity contribution in [2.75, 3.05) is 12.3 Å². The van der Waals surface area contributed by atoms with Crippen LogP contribution in [-0.2, 0) is 10.5 Å². The lowest BCUT2D eigenvalue weighted by atomic mass is 10.2. The van der Waals surface area contributed by atoms with Crippen LogP contribution in [0.2, 0.25) is 0 Å². The second-order valence-electron chi connectivity index (χ2n) is 4.45. The molecule has 0 radical (unpaired) electrons. The molecule has 0 aliphatic carbocycles. The lowest BCUT2D eigenvalue weighted by molar-refractivity contribution is -0.118. The molecule has 0 unspecified atom stereocenters. The summed E-state index contributed by atoms with van der Waals surface area (Å²) >= 11 is 2.90. The highest BCUT2D eigenvalue weighted by Gasteiger charge is 2.12. The van der Waals surface area contributed by atoms with E-state index in [-0.39, 0.29) is 23.8 Å². The van der Waals surface area contributed by atoms with Gasteiger partial charge in [0.05, 0.1) is 23.4 Å². The number of aromatic nitrogens is 2. The van der Waals surface area contributed by atoms with Crippen molar-refractivity contribution in [3.8, 4) is 12.3 Å². The monoisotopic (exact) mass is 321 g/mol. The first-order chi connectivity index (χ1) is 10.0. The van der Waals surface area contributed by atoms with Gasteiger partial charge in [0.1, 0.15) is 10.7 Å². The van der Waals surface area contributed by atoms with Crippen LogP contribution in [0.3, 0.4) is 0 Å². The molecule has 0 fully saturated rings. The van der Waals surface area contributed by atoms with Gasteiger partial charge in [-0.1, -0.05) is 5.92 Å². The number of H-pyrrole nitrogens is 1. The van der Waals surface area contributed by atoms with Gasteiger partial charge in [-0.25, -0.2) is 4.98 Å². The number of thiophene rings is 1. The second-order valence-corrected chi connectivity index (χ2v) is 6.64. The number of nitrogens with zero attached hydrogens (tertiary/aromatic N) is 1. The summed E-state index contributed by atoms with van der Waals surface area (Å²) in [5.41, 5.74) is 0.867. The maximum atomic E-state index is 12.1. The zero-order valence-electron chi connectivity index (χ0n) is 11.8. The predicted octanol–water partition coefficient (Wildman–Crippen LogP) is 1.58. The molecule has 0 saturated carbocycles. The van der Waals surface area contributed by atoms with E-state index >= 15 is 0 Å². The van der Waals surface area contributed by atoms with Gasteiger partial charge in [0.2, 0.25) is 5.91 Å². The Balaban J connectivity index is 2.05. The quantitative estimate of drug-likeness (QED) is 0.820.